The van der Waals surface area contributed by atoms with E-state index in [2.05, 4.69) is 58.1 Å². The van der Waals surface area contributed by atoms with Gasteiger partial charge in [-0.15, -0.1) is 0 Å². The van der Waals surface area contributed by atoms with Crippen molar-refractivity contribution >= 4 is 21.7 Å². The van der Waals surface area contributed by atoms with Gasteiger partial charge in [0.25, 0.3) is 0 Å². The molecule has 1 N–H and O–H groups in total. The fourth-order valence-corrected chi connectivity index (χ4v) is 2.67. The zero-order valence-electron chi connectivity index (χ0n) is 12.4. The molecule has 0 saturated heterocycles. The molecule has 1 unspecified atom stereocenters. The number of rotatable bonds is 2. The van der Waals surface area contributed by atoms with Crippen LogP contribution in [-0.2, 0) is 5.41 Å². The molecule has 0 fully saturated rings. The molecule has 1 aliphatic heterocycles. The van der Waals surface area contributed by atoms with Gasteiger partial charge >= 0.3 is 0 Å². The summed E-state index contributed by atoms with van der Waals surface area (Å²) in [6.07, 6.45) is 0. The molecule has 0 spiro atoms. The van der Waals surface area contributed by atoms with Gasteiger partial charge in [0, 0.05) is 17.0 Å². The van der Waals surface area contributed by atoms with Gasteiger partial charge in [-0.25, -0.2) is 9.97 Å². The zero-order valence-corrected chi connectivity index (χ0v) is 13.9. The molecule has 3 rings (SSSR count). The molecular weight excluding hydrogens is 330 g/mol. The number of aromatic nitrogens is 2. The molecule has 0 aliphatic carbocycles. The molecule has 2 aromatic rings. The van der Waals surface area contributed by atoms with Gasteiger partial charge in [0.1, 0.15) is 28.6 Å². The summed E-state index contributed by atoms with van der Waals surface area (Å²) >= 11 is 3.46. The molecule has 1 aromatic heterocycles. The Kier molecular flexibility index (Phi) is 3.61. The molecule has 110 valence electrons. The van der Waals surface area contributed by atoms with Crippen molar-refractivity contribution < 1.29 is 4.74 Å². The maximum Gasteiger partial charge on any atom is 0.137 e. The Morgan fingerprint density at radius 1 is 1.24 bits per heavy atom. The summed E-state index contributed by atoms with van der Waals surface area (Å²) in [5.74, 6) is 2.57. The molecule has 1 aliphatic rings. The minimum Gasteiger partial charge on any atom is -0.491 e. The SMILES string of the molecule is CC(C)(C)c1nc(Br)cc(NC2COc3ccccc32)n1. The van der Waals surface area contributed by atoms with E-state index in [0.29, 0.717) is 6.61 Å². The van der Waals surface area contributed by atoms with Crippen molar-refractivity contribution in [2.45, 2.75) is 32.2 Å². The van der Waals surface area contributed by atoms with Gasteiger partial charge in [-0.3, -0.25) is 0 Å². The standard InChI is InChI=1S/C16H18BrN3O/c1-16(2,3)15-19-13(17)8-14(20-15)18-11-9-21-12-7-5-4-6-10(11)12/h4-8,11H,9H2,1-3H3,(H,18,19,20). The second-order valence-electron chi connectivity index (χ2n) is 6.20. The Hall–Kier alpha value is -1.62. The molecular formula is C16H18BrN3O. The molecule has 21 heavy (non-hydrogen) atoms. The fraction of sp³-hybridized carbons (Fsp3) is 0.375. The third kappa shape index (κ3) is 3.02. The van der Waals surface area contributed by atoms with Crippen LogP contribution in [-0.4, -0.2) is 16.6 Å². The summed E-state index contributed by atoms with van der Waals surface area (Å²) < 4.78 is 6.48. The highest BCUT2D eigenvalue weighted by Crippen LogP contribution is 2.34. The van der Waals surface area contributed by atoms with E-state index in [1.54, 1.807) is 0 Å². The van der Waals surface area contributed by atoms with Gasteiger partial charge in [-0.1, -0.05) is 39.0 Å². The van der Waals surface area contributed by atoms with Crippen molar-refractivity contribution in [3.05, 3.63) is 46.3 Å². The summed E-state index contributed by atoms with van der Waals surface area (Å²) in [4.78, 5) is 9.09. The lowest BCUT2D eigenvalue weighted by atomic mass is 9.96. The van der Waals surface area contributed by atoms with E-state index in [1.165, 1.54) is 5.56 Å². The Labute approximate surface area is 133 Å². The molecule has 0 saturated carbocycles. The van der Waals surface area contributed by atoms with Crippen molar-refractivity contribution in [3.63, 3.8) is 0 Å². The first-order valence-corrected chi connectivity index (χ1v) is 7.76. The van der Waals surface area contributed by atoms with Crippen LogP contribution >= 0.6 is 15.9 Å². The average Bonchev–Trinajstić information content (AvgIpc) is 2.81. The summed E-state index contributed by atoms with van der Waals surface area (Å²) in [7, 11) is 0. The number of hydrogen-bond donors (Lipinski definition) is 1. The van der Waals surface area contributed by atoms with Crippen LogP contribution in [0.15, 0.2) is 34.9 Å². The second-order valence-corrected chi connectivity index (χ2v) is 7.01. The topological polar surface area (TPSA) is 47.0 Å². The number of anilines is 1. The highest BCUT2D eigenvalue weighted by atomic mass is 79.9. The van der Waals surface area contributed by atoms with Gasteiger partial charge in [-0.05, 0) is 22.0 Å². The minimum atomic E-state index is -0.0930. The molecule has 1 aromatic carbocycles. The van der Waals surface area contributed by atoms with Gasteiger partial charge in [-0.2, -0.15) is 0 Å². The number of halogens is 1. The van der Waals surface area contributed by atoms with Gasteiger partial charge in [0.15, 0.2) is 0 Å². The van der Waals surface area contributed by atoms with E-state index in [9.17, 15) is 0 Å². The van der Waals surface area contributed by atoms with Crippen LogP contribution in [0.4, 0.5) is 5.82 Å². The molecule has 1 atom stereocenters. The maximum absolute atomic E-state index is 5.69. The Balaban J connectivity index is 1.88. The number of benzene rings is 1. The van der Waals surface area contributed by atoms with Crippen molar-refractivity contribution in [1.29, 1.82) is 0 Å². The van der Waals surface area contributed by atoms with Crippen LogP contribution in [0.2, 0.25) is 0 Å². The normalized spacial score (nSPS) is 17.2. The predicted molar refractivity (Wildman–Crippen MR) is 86.7 cm³/mol. The average molecular weight is 348 g/mol. The van der Waals surface area contributed by atoms with E-state index < -0.39 is 0 Å². The predicted octanol–water partition coefficient (Wildman–Crippen LogP) is 4.08. The number of ether oxygens (including phenoxy) is 1. The molecule has 0 bridgehead atoms. The largest absolute Gasteiger partial charge is 0.491 e. The molecule has 2 heterocycles. The van der Waals surface area contributed by atoms with E-state index in [-0.39, 0.29) is 11.5 Å². The zero-order chi connectivity index (χ0) is 15.0. The lowest BCUT2D eigenvalue weighted by molar-refractivity contribution is 0.339. The van der Waals surface area contributed by atoms with Crippen LogP contribution in [0.25, 0.3) is 0 Å². The molecule has 5 heteroatoms. The summed E-state index contributed by atoms with van der Waals surface area (Å²) in [5.41, 5.74) is 1.08. The second kappa shape index (κ2) is 5.30. The van der Waals surface area contributed by atoms with Crippen LogP contribution in [0.5, 0.6) is 5.75 Å². The Morgan fingerprint density at radius 3 is 2.76 bits per heavy atom. The maximum atomic E-state index is 5.69. The van der Waals surface area contributed by atoms with Gasteiger partial charge in [0.2, 0.25) is 0 Å². The van der Waals surface area contributed by atoms with Crippen molar-refractivity contribution in [2.75, 3.05) is 11.9 Å². The number of nitrogens with one attached hydrogen (secondary N) is 1. The first kappa shape index (κ1) is 14.3. The van der Waals surface area contributed by atoms with Crippen molar-refractivity contribution in [1.82, 2.24) is 9.97 Å². The molecule has 4 nitrogen and oxygen atoms in total. The van der Waals surface area contributed by atoms with Gasteiger partial charge in [0.05, 0.1) is 6.04 Å². The monoisotopic (exact) mass is 347 g/mol. The summed E-state index contributed by atoms with van der Waals surface area (Å²) in [6.45, 7) is 6.93. The Bertz CT molecular complexity index is 667. The van der Waals surface area contributed by atoms with E-state index >= 15 is 0 Å². The van der Waals surface area contributed by atoms with Crippen LogP contribution in [0, 0.1) is 0 Å². The summed E-state index contributed by atoms with van der Waals surface area (Å²) in [5, 5.41) is 3.44. The number of para-hydroxylation sites is 1. The quantitative estimate of drug-likeness (QED) is 0.831. The lowest BCUT2D eigenvalue weighted by Crippen LogP contribution is -2.19. The lowest BCUT2D eigenvalue weighted by Gasteiger charge is -2.19. The first-order chi connectivity index (χ1) is 9.93. The number of hydrogen-bond acceptors (Lipinski definition) is 4. The molecule has 0 amide bonds. The molecule has 0 radical (unpaired) electrons. The third-order valence-corrected chi connectivity index (χ3v) is 3.79. The van der Waals surface area contributed by atoms with E-state index in [0.717, 1.165) is 22.0 Å². The van der Waals surface area contributed by atoms with Crippen molar-refractivity contribution in [2.24, 2.45) is 0 Å². The van der Waals surface area contributed by atoms with Gasteiger partial charge < -0.3 is 10.1 Å². The smallest absolute Gasteiger partial charge is 0.137 e. The number of nitrogens with zero attached hydrogens (tertiary/aromatic N) is 2. The van der Waals surface area contributed by atoms with Crippen molar-refractivity contribution in [3.8, 4) is 5.75 Å². The van der Waals surface area contributed by atoms with Crippen LogP contribution < -0.4 is 10.1 Å². The summed E-state index contributed by atoms with van der Waals surface area (Å²) in [6, 6.07) is 10.1. The Morgan fingerprint density at radius 2 is 2.00 bits per heavy atom. The van der Waals surface area contributed by atoms with Crippen LogP contribution in [0.1, 0.15) is 38.2 Å². The highest BCUT2D eigenvalue weighted by molar-refractivity contribution is 9.10. The third-order valence-electron chi connectivity index (χ3n) is 3.39. The fourth-order valence-electron chi connectivity index (χ4n) is 2.29. The minimum absolute atomic E-state index is 0.0930. The van der Waals surface area contributed by atoms with Crippen LogP contribution in [0.3, 0.4) is 0 Å². The van der Waals surface area contributed by atoms with E-state index in [1.807, 2.05) is 24.3 Å². The highest BCUT2D eigenvalue weighted by Gasteiger charge is 2.25. The van der Waals surface area contributed by atoms with E-state index in [4.69, 9.17) is 4.74 Å². The first-order valence-electron chi connectivity index (χ1n) is 6.97. The number of fused-ring (bicyclic) bond motifs is 1.